The predicted octanol–water partition coefficient (Wildman–Crippen LogP) is 7.80. The highest BCUT2D eigenvalue weighted by Crippen LogP contribution is 2.32. The first-order chi connectivity index (χ1) is 16.3. The van der Waals surface area contributed by atoms with Gasteiger partial charge in [0.15, 0.2) is 6.29 Å². The smallest absolute Gasteiger partial charge is 0.348 e. The van der Waals surface area contributed by atoms with Crippen molar-refractivity contribution in [3.05, 3.63) is 94.8 Å². The summed E-state index contributed by atoms with van der Waals surface area (Å²) in [5.41, 5.74) is 1.45. The maximum Gasteiger partial charge on any atom is 0.416 e. The molecule has 1 heterocycles. The molecule has 0 spiro atoms. The number of alkyl halides is 3. The topological polar surface area (TPSA) is 18.5 Å². The molecule has 3 aromatic rings. The van der Waals surface area contributed by atoms with E-state index in [1.807, 2.05) is 31.2 Å². The van der Waals surface area contributed by atoms with E-state index in [9.17, 15) is 13.2 Å². The van der Waals surface area contributed by atoms with Crippen LogP contribution in [-0.4, -0.2) is 13.2 Å². The molecule has 0 amide bonds. The third kappa shape index (κ3) is 5.86. The average molecular weight is 473 g/mol. The van der Waals surface area contributed by atoms with Crippen LogP contribution < -0.4 is 0 Å². The van der Waals surface area contributed by atoms with E-state index in [-0.39, 0.29) is 5.82 Å². The normalized spacial score (nSPS) is 19.2. The SMILES string of the molecule is C/C=C/CCC1COC(c2ccc3c(F)c(CCc4ccc(C(F)(F)F)cc4)ccc3c2)OC1. The summed E-state index contributed by atoms with van der Waals surface area (Å²) in [6, 6.07) is 14.1. The van der Waals surface area contributed by atoms with Gasteiger partial charge < -0.3 is 9.47 Å². The van der Waals surface area contributed by atoms with Crippen molar-refractivity contribution in [3.63, 3.8) is 0 Å². The van der Waals surface area contributed by atoms with Gasteiger partial charge in [0.25, 0.3) is 0 Å². The third-order valence-corrected chi connectivity index (χ3v) is 6.24. The number of hydrogen-bond acceptors (Lipinski definition) is 2. The molecule has 2 nitrogen and oxygen atoms in total. The number of halogens is 4. The number of allylic oxidation sites excluding steroid dienone is 2. The number of hydrogen-bond donors (Lipinski definition) is 0. The zero-order valence-electron chi connectivity index (χ0n) is 19.1. The van der Waals surface area contributed by atoms with Gasteiger partial charge in [-0.2, -0.15) is 13.2 Å². The fourth-order valence-electron chi connectivity index (χ4n) is 4.24. The molecule has 0 N–H and O–H groups in total. The van der Waals surface area contributed by atoms with E-state index in [1.165, 1.54) is 12.1 Å². The van der Waals surface area contributed by atoms with Gasteiger partial charge in [0.2, 0.25) is 0 Å². The Morgan fingerprint density at radius 2 is 1.68 bits per heavy atom. The highest BCUT2D eigenvalue weighted by Gasteiger charge is 2.30. The van der Waals surface area contributed by atoms with E-state index in [2.05, 4.69) is 6.08 Å². The van der Waals surface area contributed by atoms with Crippen LogP contribution in [0.3, 0.4) is 0 Å². The Morgan fingerprint density at radius 1 is 0.941 bits per heavy atom. The molecule has 0 bridgehead atoms. The number of ether oxygens (including phenoxy) is 2. The molecule has 0 saturated carbocycles. The highest BCUT2D eigenvalue weighted by molar-refractivity contribution is 5.84. The fraction of sp³-hybridized carbons (Fsp3) is 0.357. The number of fused-ring (bicyclic) bond motifs is 1. The summed E-state index contributed by atoms with van der Waals surface area (Å²) < 4.78 is 65.2. The Bertz CT molecular complexity index is 1130. The molecule has 0 radical (unpaired) electrons. The maximum absolute atomic E-state index is 15.1. The Labute approximate surface area is 197 Å². The molecule has 6 heteroatoms. The molecule has 3 aromatic carbocycles. The monoisotopic (exact) mass is 472 g/mol. The zero-order chi connectivity index (χ0) is 24.1. The van der Waals surface area contributed by atoms with E-state index in [0.29, 0.717) is 42.9 Å². The minimum atomic E-state index is -4.36. The Kier molecular flexibility index (Phi) is 7.69. The summed E-state index contributed by atoms with van der Waals surface area (Å²) in [5.74, 6) is 0.0723. The van der Waals surface area contributed by atoms with Crippen molar-refractivity contribution in [3.8, 4) is 0 Å². The highest BCUT2D eigenvalue weighted by atomic mass is 19.4. The van der Waals surface area contributed by atoms with Gasteiger partial charge in [0.05, 0.1) is 18.8 Å². The van der Waals surface area contributed by atoms with Crippen LogP contribution in [0, 0.1) is 11.7 Å². The lowest BCUT2D eigenvalue weighted by Crippen LogP contribution is -2.27. The average Bonchev–Trinajstić information content (AvgIpc) is 2.84. The summed E-state index contributed by atoms with van der Waals surface area (Å²) in [4.78, 5) is 0. The largest absolute Gasteiger partial charge is 0.416 e. The van der Waals surface area contributed by atoms with E-state index >= 15 is 4.39 Å². The van der Waals surface area contributed by atoms with Crippen molar-refractivity contribution in [1.29, 1.82) is 0 Å². The molecule has 34 heavy (non-hydrogen) atoms. The molecule has 1 fully saturated rings. The van der Waals surface area contributed by atoms with Crippen LogP contribution in [-0.2, 0) is 28.5 Å². The van der Waals surface area contributed by atoms with E-state index in [1.54, 1.807) is 12.1 Å². The first kappa shape index (κ1) is 24.4. The minimum absolute atomic E-state index is 0.300. The quantitative estimate of drug-likeness (QED) is 0.258. The molecule has 0 atom stereocenters. The van der Waals surface area contributed by atoms with Crippen molar-refractivity contribution in [2.75, 3.05) is 13.2 Å². The van der Waals surface area contributed by atoms with Crippen molar-refractivity contribution >= 4 is 10.8 Å². The van der Waals surface area contributed by atoms with Crippen LogP contribution in [0.2, 0.25) is 0 Å². The predicted molar refractivity (Wildman–Crippen MR) is 125 cm³/mol. The van der Waals surface area contributed by atoms with Gasteiger partial charge in [-0.05, 0) is 67.3 Å². The molecular weight excluding hydrogens is 444 g/mol. The lowest BCUT2D eigenvalue weighted by Gasteiger charge is -2.29. The third-order valence-electron chi connectivity index (χ3n) is 6.24. The second kappa shape index (κ2) is 10.7. The lowest BCUT2D eigenvalue weighted by atomic mass is 9.98. The fourth-order valence-corrected chi connectivity index (χ4v) is 4.24. The van der Waals surface area contributed by atoms with Gasteiger partial charge >= 0.3 is 6.18 Å². The molecule has 1 aliphatic rings. The molecule has 1 saturated heterocycles. The number of rotatable bonds is 7. The van der Waals surface area contributed by atoms with Crippen molar-refractivity contribution in [2.45, 2.75) is 45.1 Å². The molecule has 0 aromatic heterocycles. The summed E-state index contributed by atoms with van der Waals surface area (Å²) in [5, 5.41) is 1.27. The maximum atomic E-state index is 15.1. The van der Waals surface area contributed by atoms with Gasteiger partial charge in [-0.25, -0.2) is 4.39 Å². The first-order valence-electron chi connectivity index (χ1n) is 11.6. The number of aryl methyl sites for hydroxylation is 2. The molecular formula is C28H28F4O2. The summed E-state index contributed by atoms with van der Waals surface area (Å²) in [6.07, 6.45) is 2.26. The Morgan fingerprint density at radius 3 is 2.35 bits per heavy atom. The molecule has 0 unspecified atom stereocenters. The molecule has 1 aliphatic heterocycles. The van der Waals surface area contributed by atoms with Crippen LogP contribution in [0.1, 0.15) is 48.3 Å². The van der Waals surface area contributed by atoms with Crippen molar-refractivity contribution in [1.82, 2.24) is 0 Å². The van der Waals surface area contributed by atoms with E-state index < -0.39 is 18.0 Å². The van der Waals surface area contributed by atoms with Gasteiger partial charge in [0, 0.05) is 16.9 Å². The van der Waals surface area contributed by atoms with Crippen LogP contribution in [0.4, 0.5) is 17.6 Å². The standard InChI is InChI=1S/C28H28F4O2/c1-2-3-4-5-20-17-33-27(34-18-20)23-12-15-25-22(16-23)11-10-21(26(25)29)9-6-19-7-13-24(14-8-19)28(30,31)32/h2-3,7-8,10-16,20,27H,4-6,9,17-18H2,1H3/b3-2+. The van der Waals surface area contributed by atoms with Crippen LogP contribution >= 0.6 is 0 Å². The second-order valence-corrected chi connectivity index (χ2v) is 8.72. The summed E-state index contributed by atoms with van der Waals surface area (Å²) >= 11 is 0. The van der Waals surface area contributed by atoms with Crippen LogP contribution in [0.25, 0.3) is 10.8 Å². The van der Waals surface area contributed by atoms with Crippen molar-refractivity contribution < 1.29 is 27.0 Å². The first-order valence-corrected chi connectivity index (χ1v) is 11.6. The van der Waals surface area contributed by atoms with Crippen LogP contribution in [0.15, 0.2) is 66.7 Å². The number of benzene rings is 3. The second-order valence-electron chi connectivity index (χ2n) is 8.72. The van der Waals surface area contributed by atoms with Gasteiger partial charge in [0.1, 0.15) is 5.82 Å². The zero-order valence-corrected chi connectivity index (χ0v) is 19.1. The summed E-state index contributed by atoms with van der Waals surface area (Å²) in [7, 11) is 0. The van der Waals surface area contributed by atoms with E-state index in [0.717, 1.165) is 41.5 Å². The van der Waals surface area contributed by atoms with Gasteiger partial charge in [-0.3, -0.25) is 0 Å². The van der Waals surface area contributed by atoms with Gasteiger partial charge in [-0.15, -0.1) is 0 Å². The molecule has 180 valence electrons. The molecule has 0 aliphatic carbocycles. The lowest BCUT2D eigenvalue weighted by molar-refractivity contribution is -0.205. The molecule has 4 rings (SSSR count). The Hall–Kier alpha value is -2.70. The van der Waals surface area contributed by atoms with Crippen LogP contribution in [0.5, 0.6) is 0 Å². The van der Waals surface area contributed by atoms with Gasteiger partial charge in [-0.1, -0.05) is 48.6 Å². The Balaban J connectivity index is 1.40. The minimum Gasteiger partial charge on any atom is -0.348 e. The summed E-state index contributed by atoms with van der Waals surface area (Å²) in [6.45, 7) is 3.28. The van der Waals surface area contributed by atoms with Crippen molar-refractivity contribution in [2.24, 2.45) is 5.92 Å². The van der Waals surface area contributed by atoms with E-state index in [4.69, 9.17) is 9.47 Å².